The maximum atomic E-state index is 13.7. The van der Waals surface area contributed by atoms with Crippen molar-refractivity contribution in [2.24, 2.45) is 5.73 Å². The van der Waals surface area contributed by atoms with Crippen LogP contribution in [0.25, 0.3) is 0 Å². The van der Waals surface area contributed by atoms with E-state index in [0.717, 1.165) is 0 Å². The highest BCUT2D eigenvalue weighted by Crippen LogP contribution is 2.25. The minimum Gasteiger partial charge on any atom is -0.399 e. The zero-order chi connectivity index (χ0) is 14.7. The van der Waals surface area contributed by atoms with Crippen LogP contribution in [0, 0.1) is 5.82 Å². The van der Waals surface area contributed by atoms with E-state index < -0.39 is 5.91 Å². The van der Waals surface area contributed by atoms with Crippen molar-refractivity contribution in [1.82, 2.24) is 0 Å². The molecule has 2 aromatic carbocycles. The van der Waals surface area contributed by atoms with Crippen LogP contribution < -0.4 is 16.8 Å². The van der Waals surface area contributed by atoms with E-state index in [9.17, 15) is 9.18 Å². The third kappa shape index (κ3) is 2.88. The smallest absolute Gasteiger partial charge is 0.250 e. The molecule has 2 rings (SSSR count). The lowest BCUT2D eigenvalue weighted by Crippen LogP contribution is -2.17. The van der Waals surface area contributed by atoms with E-state index in [-0.39, 0.29) is 17.4 Å². The van der Waals surface area contributed by atoms with E-state index in [1.165, 1.54) is 12.1 Å². The molecular weight excluding hydrogens is 257 g/mol. The zero-order valence-electron chi connectivity index (χ0n) is 11.1. The minimum atomic E-state index is -0.583. The average molecular weight is 273 g/mol. The van der Waals surface area contributed by atoms with Gasteiger partial charge in [0.1, 0.15) is 5.82 Å². The first-order valence-corrected chi connectivity index (χ1v) is 6.19. The van der Waals surface area contributed by atoms with Crippen molar-refractivity contribution in [2.45, 2.75) is 13.0 Å². The third-order valence-corrected chi connectivity index (χ3v) is 3.05. The second-order valence-electron chi connectivity index (χ2n) is 4.56. The first-order valence-electron chi connectivity index (χ1n) is 6.19. The predicted octanol–water partition coefficient (Wildman–Crippen LogP) is 2.68. The summed E-state index contributed by atoms with van der Waals surface area (Å²) in [5, 5.41) is 3.08. The number of benzene rings is 2. The molecular formula is C15H16FN3O. The summed E-state index contributed by atoms with van der Waals surface area (Å²) in [6, 6.07) is 11.0. The Balaban J connectivity index is 2.31. The van der Waals surface area contributed by atoms with Gasteiger partial charge in [0, 0.05) is 16.9 Å². The van der Waals surface area contributed by atoms with Crippen molar-refractivity contribution in [3.8, 4) is 0 Å². The number of nitrogens with two attached hydrogens (primary N) is 2. The normalized spacial score (nSPS) is 11.9. The summed E-state index contributed by atoms with van der Waals surface area (Å²) in [4.78, 5) is 11.4. The second kappa shape index (κ2) is 5.61. The molecule has 0 aromatic heterocycles. The van der Waals surface area contributed by atoms with Gasteiger partial charge in [-0.25, -0.2) is 4.39 Å². The summed E-state index contributed by atoms with van der Waals surface area (Å²) in [5.41, 5.74) is 12.7. The predicted molar refractivity (Wildman–Crippen MR) is 77.8 cm³/mol. The molecule has 0 spiro atoms. The van der Waals surface area contributed by atoms with Crippen molar-refractivity contribution in [3.05, 3.63) is 59.4 Å². The Labute approximate surface area is 116 Å². The lowest BCUT2D eigenvalue weighted by atomic mass is 10.1. The Kier molecular flexibility index (Phi) is 3.89. The molecule has 0 radical (unpaired) electrons. The summed E-state index contributed by atoms with van der Waals surface area (Å²) in [5.74, 6) is -0.885. The fourth-order valence-corrected chi connectivity index (χ4v) is 2.03. The molecule has 0 saturated heterocycles. The van der Waals surface area contributed by atoms with Gasteiger partial charge in [-0.2, -0.15) is 0 Å². The van der Waals surface area contributed by atoms with E-state index in [1.807, 2.05) is 0 Å². The summed E-state index contributed by atoms with van der Waals surface area (Å²) in [7, 11) is 0. The fraction of sp³-hybridized carbons (Fsp3) is 0.133. The standard InChI is InChI=1S/C15H16FN3O/c1-9(11-4-2-3-5-13(11)16)19-14-7-6-10(17)8-12(14)15(18)20/h2-9,19H,17H2,1H3,(H2,18,20). The molecule has 1 unspecified atom stereocenters. The lowest BCUT2D eigenvalue weighted by molar-refractivity contribution is 0.100. The van der Waals surface area contributed by atoms with E-state index >= 15 is 0 Å². The zero-order valence-corrected chi connectivity index (χ0v) is 11.1. The number of carbonyl (C=O) groups is 1. The largest absolute Gasteiger partial charge is 0.399 e. The van der Waals surface area contributed by atoms with Crippen LogP contribution in [0.4, 0.5) is 15.8 Å². The summed E-state index contributed by atoms with van der Waals surface area (Å²) in [6.07, 6.45) is 0. The van der Waals surface area contributed by atoms with Gasteiger partial charge in [0.25, 0.3) is 5.91 Å². The molecule has 2 aromatic rings. The molecule has 1 atom stereocenters. The minimum absolute atomic E-state index is 0.285. The maximum absolute atomic E-state index is 13.7. The molecule has 0 aliphatic carbocycles. The number of halogens is 1. The molecule has 5 heteroatoms. The quantitative estimate of drug-likeness (QED) is 0.749. The SMILES string of the molecule is CC(Nc1ccc(N)cc1C(N)=O)c1ccccc1F. The third-order valence-electron chi connectivity index (χ3n) is 3.05. The first-order chi connectivity index (χ1) is 9.49. The topological polar surface area (TPSA) is 81.1 Å². The highest BCUT2D eigenvalue weighted by atomic mass is 19.1. The van der Waals surface area contributed by atoms with Gasteiger partial charge < -0.3 is 16.8 Å². The lowest BCUT2D eigenvalue weighted by Gasteiger charge is -2.18. The Morgan fingerprint density at radius 3 is 2.60 bits per heavy atom. The van der Waals surface area contributed by atoms with Crippen molar-refractivity contribution in [2.75, 3.05) is 11.1 Å². The van der Waals surface area contributed by atoms with Crippen LogP contribution in [-0.4, -0.2) is 5.91 Å². The van der Waals surface area contributed by atoms with Crippen molar-refractivity contribution < 1.29 is 9.18 Å². The fourth-order valence-electron chi connectivity index (χ4n) is 2.03. The molecule has 0 aliphatic rings. The number of anilines is 2. The van der Waals surface area contributed by atoms with Crippen LogP contribution in [0.15, 0.2) is 42.5 Å². The van der Waals surface area contributed by atoms with Gasteiger partial charge in [-0.05, 0) is 31.2 Å². The van der Waals surface area contributed by atoms with Crippen LogP contribution in [0.3, 0.4) is 0 Å². The molecule has 1 amide bonds. The number of primary amides is 1. The number of hydrogen-bond donors (Lipinski definition) is 3. The van der Waals surface area contributed by atoms with Crippen molar-refractivity contribution in [3.63, 3.8) is 0 Å². The average Bonchev–Trinajstić information content (AvgIpc) is 2.41. The second-order valence-corrected chi connectivity index (χ2v) is 4.56. The Bertz CT molecular complexity index is 643. The van der Waals surface area contributed by atoms with Gasteiger partial charge in [0.15, 0.2) is 0 Å². The van der Waals surface area contributed by atoms with E-state index in [0.29, 0.717) is 16.9 Å². The van der Waals surface area contributed by atoms with Crippen LogP contribution in [0.1, 0.15) is 28.9 Å². The molecule has 5 N–H and O–H groups in total. The summed E-state index contributed by atoms with van der Waals surface area (Å²) < 4.78 is 13.7. The van der Waals surface area contributed by atoms with Crippen LogP contribution in [0.5, 0.6) is 0 Å². The van der Waals surface area contributed by atoms with Gasteiger partial charge in [0.05, 0.1) is 11.6 Å². The van der Waals surface area contributed by atoms with Crippen LogP contribution in [-0.2, 0) is 0 Å². The van der Waals surface area contributed by atoms with Gasteiger partial charge in [-0.1, -0.05) is 18.2 Å². The van der Waals surface area contributed by atoms with Crippen LogP contribution >= 0.6 is 0 Å². The Morgan fingerprint density at radius 2 is 1.95 bits per heavy atom. The molecule has 20 heavy (non-hydrogen) atoms. The van der Waals surface area contributed by atoms with Gasteiger partial charge in [0.2, 0.25) is 0 Å². The summed E-state index contributed by atoms with van der Waals surface area (Å²) >= 11 is 0. The van der Waals surface area contributed by atoms with Gasteiger partial charge in [-0.3, -0.25) is 4.79 Å². The van der Waals surface area contributed by atoms with E-state index in [1.54, 1.807) is 37.3 Å². The Hall–Kier alpha value is -2.56. The van der Waals surface area contributed by atoms with Crippen molar-refractivity contribution in [1.29, 1.82) is 0 Å². The van der Waals surface area contributed by atoms with Gasteiger partial charge >= 0.3 is 0 Å². The maximum Gasteiger partial charge on any atom is 0.250 e. The monoisotopic (exact) mass is 273 g/mol. The molecule has 0 saturated carbocycles. The number of rotatable bonds is 4. The van der Waals surface area contributed by atoms with E-state index in [4.69, 9.17) is 11.5 Å². The molecule has 104 valence electrons. The molecule has 0 bridgehead atoms. The first kappa shape index (κ1) is 13.9. The molecule has 0 heterocycles. The molecule has 0 fully saturated rings. The number of nitrogen functional groups attached to an aromatic ring is 1. The van der Waals surface area contributed by atoms with Crippen LogP contribution in [0.2, 0.25) is 0 Å². The van der Waals surface area contributed by atoms with Gasteiger partial charge in [-0.15, -0.1) is 0 Å². The number of carbonyl (C=O) groups excluding carboxylic acids is 1. The molecule has 0 aliphatic heterocycles. The number of hydrogen-bond acceptors (Lipinski definition) is 3. The van der Waals surface area contributed by atoms with Crippen molar-refractivity contribution >= 4 is 17.3 Å². The number of nitrogens with one attached hydrogen (secondary N) is 1. The Morgan fingerprint density at radius 1 is 1.25 bits per heavy atom. The highest BCUT2D eigenvalue weighted by molar-refractivity contribution is 5.99. The number of amides is 1. The summed E-state index contributed by atoms with van der Waals surface area (Å²) in [6.45, 7) is 1.81. The molecule has 4 nitrogen and oxygen atoms in total. The van der Waals surface area contributed by atoms with E-state index in [2.05, 4.69) is 5.32 Å². The highest BCUT2D eigenvalue weighted by Gasteiger charge is 2.14.